The van der Waals surface area contributed by atoms with Gasteiger partial charge < -0.3 is 9.47 Å². The van der Waals surface area contributed by atoms with Crippen LogP contribution < -0.4 is 4.74 Å². The fraction of sp³-hybridized carbons (Fsp3) is 0.550. The molecule has 0 saturated heterocycles. The standard InChI is InChI=1S/C20H25ClO3/c1-13-10-16(21)6-7-18(13)24-12-19(22)23-9-8-14-4-5-15-11-17(14)20(15,2)3/h4,6-7,10,15,17H,5,8-9,11-12H2,1-3H3. The summed E-state index contributed by atoms with van der Waals surface area (Å²) in [5.41, 5.74) is 2.79. The lowest BCUT2D eigenvalue weighted by Crippen LogP contribution is -2.48. The number of ether oxygens (including phenoxy) is 2. The Hall–Kier alpha value is -1.48. The highest BCUT2D eigenvalue weighted by Crippen LogP contribution is 2.59. The zero-order valence-electron chi connectivity index (χ0n) is 14.6. The van der Waals surface area contributed by atoms with Crippen molar-refractivity contribution < 1.29 is 14.3 Å². The van der Waals surface area contributed by atoms with Crippen LogP contribution in [0.4, 0.5) is 0 Å². The van der Waals surface area contributed by atoms with E-state index in [0.717, 1.165) is 17.9 Å². The van der Waals surface area contributed by atoms with Gasteiger partial charge >= 0.3 is 5.97 Å². The first-order valence-corrected chi connectivity index (χ1v) is 8.99. The van der Waals surface area contributed by atoms with Crippen molar-refractivity contribution in [3.63, 3.8) is 0 Å². The molecule has 1 aromatic carbocycles. The minimum absolute atomic E-state index is 0.0709. The summed E-state index contributed by atoms with van der Waals surface area (Å²) in [4.78, 5) is 11.9. The first kappa shape index (κ1) is 17.3. The summed E-state index contributed by atoms with van der Waals surface area (Å²) in [5, 5.41) is 0.657. The molecule has 0 spiro atoms. The monoisotopic (exact) mass is 348 g/mol. The van der Waals surface area contributed by atoms with Crippen LogP contribution in [-0.4, -0.2) is 19.2 Å². The Kier molecular flexibility index (Phi) is 4.91. The van der Waals surface area contributed by atoms with Crippen LogP contribution in [0.5, 0.6) is 5.75 Å². The Morgan fingerprint density at radius 1 is 1.38 bits per heavy atom. The fourth-order valence-corrected chi connectivity index (χ4v) is 4.22. The number of carbonyl (C=O) groups is 1. The lowest BCUT2D eigenvalue weighted by Gasteiger charge is -2.56. The van der Waals surface area contributed by atoms with Crippen molar-refractivity contribution in [2.24, 2.45) is 17.3 Å². The Bertz CT molecular complexity index is 663. The van der Waals surface area contributed by atoms with Gasteiger partial charge in [0, 0.05) is 11.4 Å². The second-order valence-corrected chi connectivity index (χ2v) is 7.93. The van der Waals surface area contributed by atoms with Crippen molar-refractivity contribution in [2.45, 2.75) is 40.0 Å². The number of esters is 1. The number of carbonyl (C=O) groups excluding carboxylic acids is 1. The molecule has 24 heavy (non-hydrogen) atoms. The van der Waals surface area contributed by atoms with Crippen molar-refractivity contribution in [3.05, 3.63) is 40.4 Å². The van der Waals surface area contributed by atoms with Gasteiger partial charge in [0.05, 0.1) is 6.61 Å². The number of aryl methyl sites for hydroxylation is 1. The first-order valence-electron chi connectivity index (χ1n) is 8.61. The SMILES string of the molecule is Cc1cc(Cl)ccc1OCC(=O)OCCC1=CCC2CC1C2(C)C. The van der Waals surface area contributed by atoms with E-state index in [-0.39, 0.29) is 12.6 Å². The Balaban J connectivity index is 1.41. The summed E-state index contributed by atoms with van der Waals surface area (Å²) < 4.78 is 10.8. The zero-order chi connectivity index (χ0) is 17.3. The van der Waals surface area contributed by atoms with E-state index in [4.69, 9.17) is 21.1 Å². The van der Waals surface area contributed by atoms with Crippen molar-refractivity contribution in [2.75, 3.05) is 13.2 Å². The quantitative estimate of drug-likeness (QED) is 0.538. The van der Waals surface area contributed by atoms with E-state index in [9.17, 15) is 4.79 Å². The van der Waals surface area contributed by atoms with Crippen LogP contribution in [0.25, 0.3) is 0 Å². The number of hydrogen-bond acceptors (Lipinski definition) is 3. The Morgan fingerprint density at radius 3 is 2.83 bits per heavy atom. The minimum Gasteiger partial charge on any atom is -0.482 e. The molecular formula is C20H25ClO3. The van der Waals surface area contributed by atoms with E-state index in [1.165, 1.54) is 18.4 Å². The first-order chi connectivity index (χ1) is 11.4. The molecule has 130 valence electrons. The van der Waals surface area contributed by atoms with Gasteiger partial charge in [-0.2, -0.15) is 0 Å². The maximum atomic E-state index is 11.9. The molecule has 0 heterocycles. The molecule has 2 unspecified atom stereocenters. The third kappa shape index (κ3) is 3.46. The molecular weight excluding hydrogens is 324 g/mol. The van der Waals surface area contributed by atoms with Gasteiger partial charge in [-0.1, -0.05) is 37.1 Å². The summed E-state index contributed by atoms with van der Waals surface area (Å²) in [5.74, 6) is 1.84. The van der Waals surface area contributed by atoms with Crippen LogP contribution in [0.2, 0.25) is 5.02 Å². The van der Waals surface area contributed by atoms with Crippen LogP contribution in [0.3, 0.4) is 0 Å². The van der Waals surface area contributed by atoms with Crippen LogP contribution in [-0.2, 0) is 9.53 Å². The number of rotatable bonds is 6. The molecule has 0 amide bonds. The molecule has 3 nitrogen and oxygen atoms in total. The molecule has 3 aliphatic carbocycles. The highest BCUT2D eigenvalue weighted by atomic mass is 35.5. The topological polar surface area (TPSA) is 35.5 Å². The van der Waals surface area contributed by atoms with Gasteiger partial charge in [-0.3, -0.25) is 0 Å². The highest BCUT2D eigenvalue weighted by molar-refractivity contribution is 6.30. The molecule has 2 atom stereocenters. The van der Waals surface area contributed by atoms with Crippen LogP contribution in [0.15, 0.2) is 29.8 Å². The van der Waals surface area contributed by atoms with Gasteiger partial charge in [-0.25, -0.2) is 4.79 Å². The minimum atomic E-state index is -0.327. The van der Waals surface area contributed by atoms with Crippen LogP contribution >= 0.6 is 11.6 Å². The predicted molar refractivity (Wildman–Crippen MR) is 95.3 cm³/mol. The normalized spacial score (nSPS) is 23.9. The van der Waals surface area contributed by atoms with Gasteiger partial charge in [0.15, 0.2) is 6.61 Å². The summed E-state index contributed by atoms with van der Waals surface area (Å²) in [6.45, 7) is 6.97. The molecule has 0 aromatic heterocycles. The summed E-state index contributed by atoms with van der Waals surface area (Å²) in [6, 6.07) is 5.33. The van der Waals surface area contributed by atoms with Crippen molar-refractivity contribution in [3.8, 4) is 5.75 Å². The molecule has 4 heteroatoms. The Morgan fingerprint density at radius 2 is 2.17 bits per heavy atom. The number of hydrogen-bond donors (Lipinski definition) is 0. The second kappa shape index (κ2) is 6.79. The van der Waals surface area contributed by atoms with Gasteiger partial charge in [0.1, 0.15) is 5.75 Å². The smallest absolute Gasteiger partial charge is 0.344 e. The molecule has 1 fully saturated rings. The van der Waals surface area contributed by atoms with E-state index >= 15 is 0 Å². The number of halogens is 1. The van der Waals surface area contributed by atoms with Crippen LogP contribution in [0.1, 0.15) is 38.7 Å². The number of allylic oxidation sites excluding steroid dienone is 1. The van der Waals surface area contributed by atoms with E-state index in [1.807, 2.05) is 13.0 Å². The molecule has 1 saturated carbocycles. The molecule has 0 radical (unpaired) electrons. The van der Waals surface area contributed by atoms with Crippen molar-refractivity contribution >= 4 is 17.6 Å². The zero-order valence-corrected chi connectivity index (χ0v) is 15.4. The maximum absolute atomic E-state index is 11.9. The van der Waals surface area contributed by atoms with Crippen molar-refractivity contribution in [1.82, 2.24) is 0 Å². The van der Waals surface area contributed by atoms with Gasteiger partial charge in [0.2, 0.25) is 0 Å². The van der Waals surface area contributed by atoms with Gasteiger partial charge in [-0.15, -0.1) is 0 Å². The van der Waals surface area contributed by atoms with Crippen LogP contribution in [0, 0.1) is 24.2 Å². The molecule has 0 aliphatic heterocycles. The highest BCUT2D eigenvalue weighted by Gasteiger charge is 2.50. The molecule has 1 aromatic rings. The van der Waals surface area contributed by atoms with E-state index < -0.39 is 0 Å². The summed E-state index contributed by atoms with van der Waals surface area (Å²) >= 11 is 5.90. The lowest BCUT2D eigenvalue weighted by molar-refractivity contribution is -0.146. The maximum Gasteiger partial charge on any atom is 0.344 e. The number of benzene rings is 1. The van der Waals surface area contributed by atoms with E-state index in [1.54, 1.807) is 12.1 Å². The third-order valence-electron chi connectivity index (χ3n) is 5.72. The summed E-state index contributed by atoms with van der Waals surface area (Å²) in [7, 11) is 0. The molecule has 2 bridgehead atoms. The van der Waals surface area contributed by atoms with Gasteiger partial charge in [-0.05, 0) is 60.8 Å². The van der Waals surface area contributed by atoms with E-state index in [0.29, 0.717) is 28.7 Å². The largest absolute Gasteiger partial charge is 0.482 e. The summed E-state index contributed by atoms with van der Waals surface area (Å²) in [6.07, 6.45) is 5.66. The lowest BCUT2D eigenvalue weighted by atomic mass is 9.48. The third-order valence-corrected chi connectivity index (χ3v) is 5.95. The van der Waals surface area contributed by atoms with Crippen molar-refractivity contribution in [1.29, 1.82) is 0 Å². The Labute approximate surface area is 149 Å². The van der Waals surface area contributed by atoms with Gasteiger partial charge in [0.25, 0.3) is 0 Å². The second-order valence-electron chi connectivity index (χ2n) is 7.49. The molecule has 0 N–H and O–H groups in total. The number of fused-ring (bicyclic) bond motifs is 1. The van der Waals surface area contributed by atoms with E-state index in [2.05, 4.69) is 19.9 Å². The fourth-order valence-electron chi connectivity index (χ4n) is 3.99. The predicted octanol–water partition coefficient (Wildman–Crippen LogP) is 4.95. The molecule has 4 rings (SSSR count). The average molecular weight is 349 g/mol. The molecule has 3 aliphatic rings. The average Bonchev–Trinajstić information content (AvgIpc) is 2.54.